The van der Waals surface area contributed by atoms with Crippen LogP contribution in [0.1, 0.15) is 33.4 Å². The van der Waals surface area contributed by atoms with Gasteiger partial charge in [0.05, 0.1) is 22.5 Å². The minimum Gasteiger partial charge on any atom is -0.444 e. The second kappa shape index (κ2) is 9.62. The topological polar surface area (TPSA) is 89.3 Å². The van der Waals surface area contributed by atoms with E-state index < -0.39 is 17.2 Å². The summed E-state index contributed by atoms with van der Waals surface area (Å²) in [7, 11) is 0. The summed E-state index contributed by atoms with van der Waals surface area (Å²) in [6.45, 7) is 10.8. The van der Waals surface area contributed by atoms with E-state index in [1.165, 1.54) is 18.5 Å². The van der Waals surface area contributed by atoms with Gasteiger partial charge in [0.1, 0.15) is 29.4 Å². The van der Waals surface area contributed by atoms with Crippen molar-refractivity contribution in [1.29, 1.82) is 0 Å². The van der Waals surface area contributed by atoms with E-state index in [1.807, 2.05) is 34.6 Å². The van der Waals surface area contributed by atoms with Gasteiger partial charge in [-0.3, -0.25) is 9.97 Å². The van der Waals surface area contributed by atoms with Gasteiger partial charge in [0.25, 0.3) is 0 Å². The fourth-order valence-corrected chi connectivity index (χ4v) is 4.75. The minimum absolute atomic E-state index is 0.0971. The summed E-state index contributed by atoms with van der Waals surface area (Å²) in [5, 5.41) is 0.679. The number of piperazine rings is 1. The first-order chi connectivity index (χ1) is 18.0. The van der Waals surface area contributed by atoms with Crippen LogP contribution in [0.2, 0.25) is 0 Å². The van der Waals surface area contributed by atoms with E-state index in [4.69, 9.17) is 4.74 Å². The average molecular weight is 522 g/mol. The first kappa shape index (κ1) is 25.5. The molecule has 0 radical (unpaired) electrons. The molecule has 1 unspecified atom stereocenters. The molecule has 1 saturated heterocycles. The zero-order valence-electron chi connectivity index (χ0n) is 21.9. The fourth-order valence-electron chi connectivity index (χ4n) is 4.75. The molecule has 0 spiro atoms. The van der Waals surface area contributed by atoms with E-state index in [0.29, 0.717) is 53.4 Å². The highest BCUT2D eigenvalue weighted by Gasteiger charge is 2.32. The van der Waals surface area contributed by atoms with Gasteiger partial charge in [-0.1, -0.05) is 0 Å². The van der Waals surface area contributed by atoms with Crippen molar-refractivity contribution in [1.82, 2.24) is 29.4 Å². The molecule has 1 aliphatic heterocycles. The number of hydrogen-bond acceptors (Lipinski definition) is 7. The third kappa shape index (κ3) is 4.88. The second-order valence-corrected chi connectivity index (χ2v) is 10.4. The molecule has 4 aromatic rings. The number of anilines is 1. The van der Waals surface area contributed by atoms with Crippen LogP contribution < -0.4 is 4.90 Å². The summed E-state index contributed by atoms with van der Waals surface area (Å²) in [6.07, 6.45) is 6.04. The van der Waals surface area contributed by atoms with Gasteiger partial charge in [0, 0.05) is 55.9 Å². The summed E-state index contributed by atoms with van der Waals surface area (Å²) < 4.78 is 35.5. The van der Waals surface area contributed by atoms with Crippen molar-refractivity contribution in [3.8, 4) is 16.9 Å². The first-order valence-corrected chi connectivity index (χ1v) is 12.4. The quantitative estimate of drug-likeness (QED) is 0.378. The molecule has 9 nitrogen and oxygen atoms in total. The highest BCUT2D eigenvalue weighted by molar-refractivity contribution is 6.02. The van der Waals surface area contributed by atoms with Crippen molar-refractivity contribution in [3.05, 3.63) is 60.4 Å². The predicted molar refractivity (Wildman–Crippen MR) is 139 cm³/mol. The molecular formula is C27H29F2N7O2. The Balaban J connectivity index is 1.62. The molecule has 1 aliphatic rings. The van der Waals surface area contributed by atoms with Crippen LogP contribution in [0.25, 0.3) is 28.0 Å². The number of amides is 1. The molecule has 3 aromatic heterocycles. The lowest BCUT2D eigenvalue weighted by Gasteiger charge is -2.41. The van der Waals surface area contributed by atoms with Gasteiger partial charge in [-0.05, 0) is 46.8 Å². The second-order valence-electron chi connectivity index (χ2n) is 10.4. The summed E-state index contributed by atoms with van der Waals surface area (Å²) in [4.78, 5) is 34.6. The number of fused-ring (bicyclic) bond motifs is 1. The summed E-state index contributed by atoms with van der Waals surface area (Å²) in [6, 6.07) is 3.23. The van der Waals surface area contributed by atoms with Crippen molar-refractivity contribution in [2.45, 2.75) is 46.3 Å². The number of ether oxygens (including phenoxy) is 1. The molecule has 0 N–H and O–H groups in total. The smallest absolute Gasteiger partial charge is 0.410 e. The maximum absolute atomic E-state index is 14.2. The monoisotopic (exact) mass is 521 g/mol. The standard InChI is InChI=1S/C27H29F2N7O2/c1-16-13-34(26(37)38-27(3,4)5)8-9-35(16)24-22-21(23-17(2)30-6-7-31-23)14-36(25(22)33-15-32-24)20-11-18(28)10-19(29)12-20/h6-7,10-12,14-16H,8-9,13H2,1-5H3. The number of benzene rings is 1. The third-order valence-corrected chi connectivity index (χ3v) is 6.38. The Morgan fingerprint density at radius 1 is 1.03 bits per heavy atom. The maximum Gasteiger partial charge on any atom is 0.410 e. The van der Waals surface area contributed by atoms with Crippen molar-refractivity contribution in [3.63, 3.8) is 0 Å². The molecule has 1 amide bonds. The lowest BCUT2D eigenvalue weighted by molar-refractivity contribution is 0.0218. The normalized spacial score (nSPS) is 16.2. The van der Waals surface area contributed by atoms with E-state index in [-0.39, 0.29) is 17.8 Å². The zero-order chi connectivity index (χ0) is 27.2. The molecule has 0 aliphatic carbocycles. The van der Waals surface area contributed by atoms with Crippen molar-refractivity contribution < 1.29 is 18.3 Å². The molecule has 1 atom stereocenters. The van der Waals surface area contributed by atoms with Gasteiger partial charge in [0.15, 0.2) is 5.65 Å². The Kier molecular flexibility index (Phi) is 6.46. The highest BCUT2D eigenvalue weighted by Crippen LogP contribution is 2.38. The van der Waals surface area contributed by atoms with Crippen molar-refractivity contribution in [2.75, 3.05) is 24.5 Å². The van der Waals surface area contributed by atoms with Gasteiger partial charge in [-0.15, -0.1) is 0 Å². The van der Waals surface area contributed by atoms with Gasteiger partial charge >= 0.3 is 6.09 Å². The van der Waals surface area contributed by atoms with Crippen LogP contribution in [-0.2, 0) is 4.74 Å². The summed E-state index contributed by atoms with van der Waals surface area (Å²) >= 11 is 0. The Morgan fingerprint density at radius 2 is 1.74 bits per heavy atom. The van der Waals surface area contributed by atoms with E-state index in [0.717, 1.165) is 6.07 Å². The van der Waals surface area contributed by atoms with E-state index >= 15 is 0 Å². The van der Waals surface area contributed by atoms with Gasteiger partial charge in [0.2, 0.25) is 0 Å². The number of rotatable bonds is 3. The average Bonchev–Trinajstić information content (AvgIpc) is 3.22. The third-order valence-electron chi connectivity index (χ3n) is 6.38. The Morgan fingerprint density at radius 3 is 2.39 bits per heavy atom. The first-order valence-electron chi connectivity index (χ1n) is 12.4. The Hall–Kier alpha value is -4.15. The summed E-state index contributed by atoms with van der Waals surface area (Å²) in [5.74, 6) is -0.748. The molecule has 0 saturated carbocycles. The number of aryl methyl sites for hydroxylation is 1. The number of halogens is 2. The maximum atomic E-state index is 14.2. The fraction of sp³-hybridized carbons (Fsp3) is 0.370. The SMILES string of the molecule is Cc1nccnc1-c1cn(-c2cc(F)cc(F)c2)c2ncnc(N3CCN(C(=O)OC(C)(C)C)CC3C)c12. The van der Waals surface area contributed by atoms with Crippen LogP contribution in [-0.4, -0.2) is 66.8 Å². The minimum atomic E-state index is -0.694. The molecule has 5 rings (SSSR count). The van der Waals surface area contributed by atoms with Crippen molar-refractivity contribution in [2.24, 2.45) is 0 Å². The molecular weight excluding hydrogens is 492 g/mol. The molecule has 38 heavy (non-hydrogen) atoms. The lowest BCUT2D eigenvalue weighted by atomic mass is 10.1. The molecule has 1 fully saturated rings. The van der Waals surface area contributed by atoms with Crippen LogP contribution >= 0.6 is 0 Å². The Labute approximate surface area is 219 Å². The van der Waals surface area contributed by atoms with E-state index in [1.54, 1.807) is 28.1 Å². The van der Waals surface area contributed by atoms with Crippen LogP contribution in [0, 0.1) is 18.6 Å². The predicted octanol–water partition coefficient (Wildman–Crippen LogP) is 4.91. The largest absolute Gasteiger partial charge is 0.444 e. The zero-order valence-corrected chi connectivity index (χ0v) is 21.9. The van der Waals surface area contributed by atoms with Gasteiger partial charge < -0.3 is 19.1 Å². The lowest BCUT2D eigenvalue weighted by Crippen LogP contribution is -2.54. The highest BCUT2D eigenvalue weighted by atomic mass is 19.1. The molecule has 4 heterocycles. The van der Waals surface area contributed by atoms with Crippen LogP contribution in [0.5, 0.6) is 0 Å². The van der Waals surface area contributed by atoms with Crippen LogP contribution in [0.3, 0.4) is 0 Å². The number of carbonyl (C=O) groups excluding carboxylic acids is 1. The Bertz CT molecular complexity index is 1500. The number of nitrogens with zero attached hydrogens (tertiary/aromatic N) is 7. The van der Waals surface area contributed by atoms with Crippen LogP contribution in [0.15, 0.2) is 43.1 Å². The van der Waals surface area contributed by atoms with Gasteiger partial charge in [-0.2, -0.15) is 0 Å². The molecule has 198 valence electrons. The summed E-state index contributed by atoms with van der Waals surface area (Å²) in [5.41, 5.74) is 2.17. The number of hydrogen-bond donors (Lipinski definition) is 0. The van der Waals surface area contributed by atoms with E-state index in [9.17, 15) is 13.6 Å². The van der Waals surface area contributed by atoms with E-state index in [2.05, 4.69) is 24.8 Å². The van der Waals surface area contributed by atoms with Crippen LogP contribution in [0.4, 0.5) is 19.4 Å². The molecule has 1 aromatic carbocycles. The van der Waals surface area contributed by atoms with Gasteiger partial charge in [-0.25, -0.2) is 23.5 Å². The number of carbonyl (C=O) groups is 1. The molecule has 11 heteroatoms. The molecule has 0 bridgehead atoms. The number of aromatic nitrogens is 5. The van der Waals surface area contributed by atoms with Crippen molar-refractivity contribution >= 4 is 22.9 Å².